The molecule has 9 heteroatoms. The summed E-state index contributed by atoms with van der Waals surface area (Å²) in [6.07, 6.45) is 5.08. The van der Waals surface area contributed by atoms with Crippen LogP contribution in [-0.2, 0) is 10.0 Å². The highest BCUT2D eigenvalue weighted by Crippen LogP contribution is 2.23. The van der Waals surface area contributed by atoms with E-state index in [1.807, 2.05) is 0 Å². The molecular formula is C18H23FN4O3S. The first kappa shape index (κ1) is 19.5. The molecular weight excluding hydrogens is 371 g/mol. The van der Waals surface area contributed by atoms with Gasteiger partial charge in [0.05, 0.1) is 11.5 Å². The fourth-order valence-corrected chi connectivity index (χ4v) is 4.15. The SMILES string of the molecule is CCOc1ccc(S(=O)(=O)NCC2CCN(c3ncccn3)CC2)cc1F. The molecule has 0 saturated carbocycles. The predicted molar refractivity (Wildman–Crippen MR) is 99.7 cm³/mol. The molecule has 0 aliphatic carbocycles. The topological polar surface area (TPSA) is 84.4 Å². The zero-order chi connectivity index (χ0) is 19.3. The lowest BCUT2D eigenvalue weighted by atomic mass is 9.97. The van der Waals surface area contributed by atoms with Crippen molar-refractivity contribution in [2.24, 2.45) is 5.92 Å². The van der Waals surface area contributed by atoms with Gasteiger partial charge in [0.15, 0.2) is 11.6 Å². The van der Waals surface area contributed by atoms with Crippen molar-refractivity contribution in [2.45, 2.75) is 24.7 Å². The van der Waals surface area contributed by atoms with Gasteiger partial charge in [-0.25, -0.2) is 27.5 Å². The smallest absolute Gasteiger partial charge is 0.240 e. The number of hydrogen-bond donors (Lipinski definition) is 1. The van der Waals surface area contributed by atoms with E-state index in [9.17, 15) is 12.8 Å². The number of sulfonamides is 1. The van der Waals surface area contributed by atoms with Crippen molar-refractivity contribution in [3.8, 4) is 5.75 Å². The molecule has 1 aliphatic heterocycles. The summed E-state index contributed by atoms with van der Waals surface area (Å²) in [6.45, 7) is 3.91. The summed E-state index contributed by atoms with van der Waals surface area (Å²) in [5.74, 6) is 0.275. The van der Waals surface area contributed by atoms with Crippen LogP contribution in [0.3, 0.4) is 0 Å². The average Bonchev–Trinajstić information content (AvgIpc) is 2.69. The summed E-state index contributed by atoms with van der Waals surface area (Å²) in [7, 11) is -3.76. The number of hydrogen-bond acceptors (Lipinski definition) is 6. The van der Waals surface area contributed by atoms with Crippen LogP contribution >= 0.6 is 0 Å². The van der Waals surface area contributed by atoms with Crippen molar-refractivity contribution in [2.75, 3.05) is 31.1 Å². The Morgan fingerprint density at radius 3 is 2.59 bits per heavy atom. The second kappa shape index (κ2) is 8.62. The maximum absolute atomic E-state index is 13.9. The minimum Gasteiger partial charge on any atom is -0.491 e. The average molecular weight is 394 g/mol. The number of aromatic nitrogens is 2. The lowest BCUT2D eigenvalue weighted by Gasteiger charge is -2.31. The van der Waals surface area contributed by atoms with Crippen LogP contribution in [0.15, 0.2) is 41.6 Å². The van der Waals surface area contributed by atoms with Gasteiger partial charge >= 0.3 is 0 Å². The first-order chi connectivity index (χ1) is 13.0. The third-order valence-electron chi connectivity index (χ3n) is 4.53. The van der Waals surface area contributed by atoms with Crippen LogP contribution in [0.2, 0.25) is 0 Å². The Hall–Kier alpha value is -2.26. The van der Waals surface area contributed by atoms with Gasteiger partial charge < -0.3 is 9.64 Å². The summed E-state index contributed by atoms with van der Waals surface area (Å²) in [5, 5.41) is 0. The van der Waals surface area contributed by atoms with Gasteiger partial charge in [-0.1, -0.05) is 0 Å². The van der Waals surface area contributed by atoms with Crippen LogP contribution in [0.25, 0.3) is 0 Å². The maximum Gasteiger partial charge on any atom is 0.240 e. The number of halogens is 1. The molecule has 1 N–H and O–H groups in total. The molecule has 1 fully saturated rings. The largest absolute Gasteiger partial charge is 0.491 e. The third kappa shape index (κ3) is 4.92. The lowest BCUT2D eigenvalue weighted by molar-refractivity contribution is 0.321. The van der Waals surface area contributed by atoms with E-state index in [0.717, 1.165) is 32.0 Å². The van der Waals surface area contributed by atoms with Crippen LogP contribution in [0, 0.1) is 11.7 Å². The quantitative estimate of drug-likeness (QED) is 0.775. The van der Waals surface area contributed by atoms with Crippen LogP contribution < -0.4 is 14.4 Å². The van der Waals surface area contributed by atoms with Crippen molar-refractivity contribution in [3.05, 3.63) is 42.5 Å². The molecule has 27 heavy (non-hydrogen) atoms. The Morgan fingerprint density at radius 2 is 1.96 bits per heavy atom. The minimum atomic E-state index is -3.76. The first-order valence-corrected chi connectivity index (χ1v) is 10.4. The summed E-state index contributed by atoms with van der Waals surface area (Å²) in [5.41, 5.74) is 0. The van der Waals surface area contributed by atoms with E-state index in [-0.39, 0.29) is 16.6 Å². The molecule has 2 heterocycles. The highest BCUT2D eigenvalue weighted by molar-refractivity contribution is 7.89. The normalized spacial score (nSPS) is 15.7. The van der Waals surface area contributed by atoms with Crippen molar-refractivity contribution in [3.63, 3.8) is 0 Å². The van der Waals surface area contributed by atoms with E-state index >= 15 is 0 Å². The Bertz CT molecular complexity index is 856. The number of nitrogens with zero attached hydrogens (tertiary/aromatic N) is 3. The number of nitrogens with one attached hydrogen (secondary N) is 1. The molecule has 1 aromatic heterocycles. The van der Waals surface area contributed by atoms with E-state index in [0.29, 0.717) is 19.1 Å². The molecule has 1 aliphatic rings. The maximum atomic E-state index is 13.9. The van der Waals surface area contributed by atoms with Crippen LogP contribution in [0.5, 0.6) is 5.75 Å². The zero-order valence-electron chi connectivity index (χ0n) is 15.1. The number of benzene rings is 1. The van der Waals surface area contributed by atoms with E-state index in [1.165, 1.54) is 12.1 Å². The van der Waals surface area contributed by atoms with Gasteiger partial charge in [-0.2, -0.15) is 0 Å². The highest BCUT2D eigenvalue weighted by atomic mass is 32.2. The number of ether oxygens (including phenoxy) is 1. The molecule has 1 aromatic carbocycles. The molecule has 0 amide bonds. The van der Waals surface area contributed by atoms with Gasteiger partial charge in [-0.3, -0.25) is 0 Å². The van der Waals surface area contributed by atoms with Gasteiger partial charge in [0.1, 0.15) is 0 Å². The Kier molecular flexibility index (Phi) is 6.22. The summed E-state index contributed by atoms with van der Waals surface area (Å²) in [4.78, 5) is 10.5. The molecule has 0 atom stereocenters. The Balaban J connectivity index is 1.54. The van der Waals surface area contributed by atoms with Crippen molar-refractivity contribution in [1.29, 1.82) is 0 Å². The van der Waals surface area contributed by atoms with Gasteiger partial charge in [-0.05, 0) is 49.9 Å². The predicted octanol–water partition coefficient (Wildman–Crippen LogP) is 2.21. The molecule has 0 spiro atoms. The summed E-state index contributed by atoms with van der Waals surface area (Å²) in [6, 6.07) is 5.45. The van der Waals surface area contributed by atoms with E-state index < -0.39 is 15.8 Å². The third-order valence-corrected chi connectivity index (χ3v) is 5.95. The summed E-state index contributed by atoms with van der Waals surface area (Å²) >= 11 is 0. The van der Waals surface area contributed by atoms with Crippen molar-refractivity contribution < 1.29 is 17.5 Å². The standard InChI is InChI=1S/C18H23FN4O3S/c1-2-26-17-5-4-15(12-16(17)19)27(24,25)22-13-14-6-10-23(11-7-14)18-20-8-3-9-21-18/h3-5,8-9,12,14,22H,2,6-7,10-11,13H2,1H3. The monoisotopic (exact) mass is 394 g/mol. The molecule has 1 saturated heterocycles. The van der Waals surface area contributed by atoms with Gasteiger partial charge in [-0.15, -0.1) is 0 Å². The highest BCUT2D eigenvalue weighted by Gasteiger charge is 2.23. The molecule has 7 nitrogen and oxygen atoms in total. The zero-order valence-corrected chi connectivity index (χ0v) is 16.0. The van der Waals surface area contributed by atoms with E-state index in [1.54, 1.807) is 25.4 Å². The molecule has 0 radical (unpaired) electrons. The fraction of sp³-hybridized carbons (Fsp3) is 0.444. The number of anilines is 1. The van der Waals surface area contributed by atoms with Crippen LogP contribution in [0.4, 0.5) is 10.3 Å². The van der Waals surface area contributed by atoms with Crippen LogP contribution in [-0.4, -0.2) is 44.6 Å². The second-order valence-corrected chi connectivity index (χ2v) is 8.12. The summed E-state index contributed by atoms with van der Waals surface area (Å²) < 4.78 is 46.5. The number of rotatable bonds is 7. The fourth-order valence-electron chi connectivity index (χ4n) is 3.02. The Labute approximate surface area is 158 Å². The van der Waals surface area contributed by atoms with E-state index in [4.69, 9.17) is 4.74 Å². The second-order valence-electron chi connectivity index (χ2n) is 6.36. The number of piperidine rings is 1. The molecule has 0 bridgehead atoms. The first-order valence-electron chi connectivity index (χ1n) is 8.93. The molecule has 0 unspecified atom stereocenters. The van der Waals surface area contributed by atoms with Crippen molar-refractivity contribution in [1.82, 2.24) is 14.7 Å². The van der Waals surface area contributed by atoms with Gasteiger partial charge in [0, 0.05) is 32.0 Å². The van der Waals surface area contributed by atoms with E-state index in [2.05, 4.69) is 19.6 Å². The molecule has 146 valence electrons. The minimum absolute atomic E-state index is 0.0481. The van der Waals surface area contributed by atoms with Crippen molar-refractivity contribution >= 4 is 16.0 Å². The molecule has 3 rings (SSSR count). The molecule has 2 aromatic rings. The lowest BCUT2D eigenvalue weighted by Crippen LogP contribution is -2.39. The van der Waals surface area contributed by atoms with Gasteiger partial charge in [0.25, 0.3) is 0 Å². The van der Waals surface area contributed by atoms with Gasteiger partial charge in [0.2, 0.25) is 16.0 Å². The van der Waals surface area contributed by atoms with Crippen LogP contribution in [0.1, 0.15) is 19.8 Å². The Morgan fingerprint density at radius 1 is 1.26 bits per heavy atom.